The molecule has 0 amide bonds. The summed E-state index contributed by atoms with van der Waals surface area (Å²) in [6.45, 7) is 0. The first-order chi connectivity index (χ1) is 9.54. The summed E-state index contributed by atoms with van der Waals surface area (Å²) in [6, 6.07) is 12.1. The second kappa shape index (κ2) is 5.51. The Labute approximate surface area is 119 Å². The number of carbonyl (C=O) groups excluding carboxylic acids is 1. The van der Waals surface area contributed by atoms with Crippen LogP contribution >= 0.6 is 11.6 Å². The van der Waals surface area contributed by atoms with E-state index in [1.165, 1.54) is 0 Å². The van der Waals surface area contributed by atoms with Crippen LogP contribution in [0.4, 0.5) is 5.69 Å². The highest BCUT2D eigenvalue weighted by atomic mass is 35.5. The van der Waals surface area contributed by atoms with E-state index in [0.717, 1.165) is 12.1 Å². The monoisotopic (exact) mass is 286 g/mol. The van der Waals surface area contributed by atoms with Crippen LogP contribution in [-0.2, 0) is 0 Å². The third-order valence-corrected chi connectivity index (χ3v) is 3.00. The molecule has 98 valence electrons. The zero-order chi connectivity index (χ0) is 14.7. The zero-order valence-corrected chi connectivity index (χ0v) is 10.8. The van der Waals surface area contributed by atoms with Gasteiger partial charge in [-0.15, -0.1) is 0 Å². The van der Waals surface area contributed by atoms with Crippen molar-refractivity contribution in [2.75, 3.05) is 0 Å². The number of halogens is 1. The third-order valence-electron chi connectivity index (χ3n) is 2.68. The highest BCUT2D eigenvalue weighted by Gasteiger charge is 2.21. The summed E-state index contributed by atoms with van der Waals surface area (Å²) in [4.78, 5) is 22.4. The van der Waals surface area contributed by atoms with Gasteiger partial charge in [0.15, 0.2) is 5.78 Å². The van der Waals surface area contributed by atoms with Gasteiger partial charge in [-0.05, 0) is 6.07 Å². The number of rotatable bonds is 3. The average molecular weight is 287 g/mol. The first-order valence-electron chi connectivity index (χ1n) is 5.52. The van der Waals surface area contributed by atoms with Gasteiger partial charge in [0, 0.05) is 17.2 Å². The predicted octanol–water partition coefficient (Wildman–Crippen LogP) is 3.35. The predicted molar refractivity (Wildman–Crippen MR) is 72.7 cm³/mol. The minimum Gasteiger partial charge on any atom is -0.289 e. The molecule has 0 atom stereocenters. The summed E-state index contributed by atoms with van der Waals surface area (Å²) in [7, 11) is 0. The van der Waals surface area contributed by atoms with Gasteiger partial charge >= 0.3 is 0 Å². The average Bonchev–Trinajstić information content (AvgIpc) is 2.46. The van der Waals surface area contributed by atoms with Crippen LogP contribution in [0.15, 0.2) is 42.5 Å². The first kappa shape index (κ1) is 13.7. The topological polar surface area (TPSA) is 84.0 Å². The number of ketones is 1. The number of nitro benzene ring substituents is 1. The van der Waals surface area contributed by atoms with Crippen LogP contribution in [0, 0.1) is 21.4 Å². The van der Waals surface area contributed by atoms with Crippen molar-refractivity contribution >= 4 is 23.1 Å². The lowest BCUT2D eigenvalue weighted by Crippen LogP contribution is -2.04. The number of carbonyl (C=O) groups is 1. The summed E-state index contributed by atoms with van der Waals surface area (Å²) in [6.07, 6.45) is 0. The molecule has 0 radical (unpaired) electrons. The Morgan fingerprint density at radius 2 is 1.90 bits per heavy atom. The Kier molecular flexibility index (Phi) is 3.78. The number of nitro groups is 1. The van der Waals surface area contributed by atoms with Crippen molar-refractivity contribution in [1.82, 2.24) is 0 Å². The van der Waals surface area contributed by atoms with E-state index in [9.17, 15) is 14.9 Å². The van der Waals surface area contributed by atoms with E-state index in [1.54, 1.807) is 36.4 Å². The van der Waals surface area contributed by atoms with Gasteiger partial charge in [-0.25, -0.2) is 0 Å². The molecule has 0 fully saturated rings. The molecule has 0 N–H and O–H groups in total. The van der Waals surface area contributed by atoms with Gasteiger partial charge in [0.2, 0.25) is 0 Å². The maximum absolute atomic E-state index is 12.3. The molecule has 0 saturated carbocycles. The standard InChI is InChI=1S/C14H7ClN2O3/c15-12-6-10(8-16)13(17(19)20)7-11(12)14(18)9-4-2-1-3-5-9/h1-7H. The largest absolute Gasteiger partial charge is 0.289 e. The van der Waals surface area contributed by atoms with E-state index in [0.29, 0.717) is 5.56 Å². The van der Waals surface area contributed by atoms with Crippen LogP contribution in [0.1, 0.15) is 21.5 Å². The number of nitriles is 1. The Bertz CT molecular complexity index is 736. The Morgan fingerprint density at radius 1 is 1.25 bits per heavy atom. The van der Waals surface area contributed by atoms with Crippen molar-refractivity contribution in [1.29, 1.82) is 5.26 Å². The second-order valence-corrected chi connectivity index (χ2v) is 4.32. The minimum atomic E-state index is -0.712. The fraction of sp³-hybridized carbons (Fsp3) is 0. The number of benzene rings is 2. The van der Waals surface area contributed by atoms with Gasteiger partial charge in [0.25, 0.3) is 5.69 Å². The van der Waals surface area contributed by atoms with Crippen molar-refractivity contribution in [3.05, 3.63) is 74.3 Å². The lowest BCUT2D eigenvalue weighted by Gasteiger charge is -2.05. The van der Waals surface area contributed by atoms with Gasteiger partial charge < -0.3 is 0 Å². The van der Waals surface area contributed by atoms with Crippen molar-refractivity contribution in [3.63, 3.8) is 0 Å². The van der Waals surface area contributed by atoms with E-state index in [-0.39, 0.29) is 16.1 Å². The molecule has 2 rings (SSSR count). The molecule has 5 nitrogen and oxygen atoms in total. The molecule has 20 heavy (non-hydrogen) atoms. The minimum absolute atomic E-state index is 0.00330. The molecule has 0 heterocycles. The molecule has 0 aliphatic carbocycles. The molecule has 0 bridgehead atoms. The Hall–Kier alpha value is -2.71. The molecule has 6 heteroatoms. The van der Waals surface area contributed by atoms with Crippen molar-refractivity contribution in [3.8, 4) is 6.07 Å². The third kappa shape index (κ3) is 2.51. The number of hydrogen-bond acceptors (Lipinski definition) is 4. The first-order valence-corrected chi connectivity index (χ1v) is 5.90. The summed E-state index contributed by atoms with van der Waals surface area (Å²) < 4.78 is 0. The van der Waals surface area contributed by atoms with Gasteiger partial charge in [-0.1, -0.05) is 41.9 Å². The smallest absolute Gasteiger partial charge is 0.287 e. The second-order valence-electron chi connectivity index (χ2n) is 3.91. The van der Waals surface area contributed by atoms with E-state index < -0.39 is 16.4 Å². The summed E-state index contributed by atoms with van der Waals surface area (Å²) in [5.74, 6) is -0.428. The molecule has 0 saturated heterocycles. The van der Waals surface area contributed by atoms with Crippen LogP contribution in [-0.4, -0.2) is 10.7 Å². The fourth-order valence-electron chi connectivity index (χ4n) is 1.72. The van der Waals surface area contributed by atoms with Crippen LogP contribution < -0.4 is 0 Å². The fourth-order valence-corrected chi connectivity index (χ4v) is 1.97. The molecular weight excluding hydrogens is 280 g/mol. The van der Waals surface area contributed by atoms with E-state index in [4.69, 9.17) is 16.9 Å². The Balaban J connectivity index is 2.59. The zero-order valence-electron chi connectivity index (χ0n) is 10.0. The summed E-state index contributed by atoms with van der Waals surface area (Å²) >= 11 is 5.94. The van der Waals surface area contributed by atoms with Crippen LogP contribution in [0.2, 0.25) is 5.02 Å². The van der Waals surface area contributed by atoms with Gasteiger partial charge in [0.1, 0.15) is 11.6 Å². The molecule has 2 aromatic carbocycles. The molecule has 0 unspecified atom stereocenters. The van der Waals surface area contributed by atoms with Gasteiger partial charge in [-0.2, -0.15) is 5.26 Å². The van der Waals surface area contributed by atoms with Crippen molar-refractivity contribution < 1.29 is 9.72 Å². The van der Waals surface area contributed by atoms with E-state index in [1.807, 2.05) is 0 Å². The molecular formula is C14H7ClN2O3. The van der Waals surface area contributed by atoms with Gasteiger partial charge in [-0.3, -0.25) is 14.9 Å². The van der Waals surface area contributed by atoms with E-state index in [2.05, 4.69) is 0 Å². The van der Waals surface area contributed by atoms with Crippen LogP contribution in [0.3, 0.4) is 0 Å². The SMILES string of the molecule is N#Cc1cc(Cl)c(C(=O)c2ccccc2)cc1[N+](=O)[O-]. The lowest BCUT2D eigenvalue weighted by atomic mass is 10.0. The van der Waals surface area contributed by atoms with Gasteiger partial charge in [0.05, 0.1) is 9.95 Å². The Morgan fingerprint density at radius 3 is 2.45 bits per heavy atom. The van der Waals surface area contributed by atoms with Crippen molar-refractivity contribution in [2.24, 2.45) is 0 Å². The summed E-state index contributed by atoms with van der Waals surface area (Å²) in [5, 5.41) is 19.8. The van der Waals surface area contributed by atoms with Crippen LogP contribution in [0.5, 0.6) is 0 Å². The molecule has 2 aromatic rings. The van der Waals surface area contributed by atoms with E-state index >= 15 is 0 Å². The maximum Gasteiger partial charge on any atom is 0.287 e. The molecule has 0 spiro atoms. The summed E-state index contributed by atoms with van der Waals surface area (Å²) in [5.41, 5.74) is -0.238. The number of nitrogens with zero attached hydrogens (tertiary/aromatic N) is 2. The number of hydrogen-bond donors (Lipinski definition) is 0. The van der Waals surface area contributed by atoms with Crippen molar-refractivity contribution in [2.45, 2.75) is 0 Å². The normalized spacial score (nSPS) is 9.80. The molecule has 0 aliphatic heterocycles. The molecule has 0 aromatic heterocycles. The lowest BCUT2D eigenvalue weighted by molar-refractivity contribution is -0.385. The highest BCUT2D eigenvalue weighted by Crippen LogP contribution is 2.28. The maximum atomic E-state index is 12.3. The molecule has 0 aliphatic rings. The quantitative estimate of drug-likeness (QED) is 0.492. The van der Waals surface area contributed by atoms with Crippen LogP contribution in [0.25, 0.3) is 0 Å². The highest BCUT2D eigenvalue weighted by molar-refractivity contribution is 6.35.